The zero-order chi connectivity index (χ0) is 54.3. The van der Waals surface area contributed by atoms with E-state index in [1.807, 2.05) is 27.7 Å². The maximum absolute atomic E-state index is 13.6. The standard InChI is InChI=1S/2C24H32ClN5O6S/c2*1-7-15(2)36-13-20-28-29-21(30(20)22-18(33-4)9-8-10-19(22)34-5)14-37(31,32)16(3)23(35-6)24-26-11-17(25)12-27-24/h2*8-12,15-16,23H,7,13-14H2,1-6H3/t15-,16+,23+;15-,16-,23-/m10/s1. The molecule has 0 saturated carbocycles. The van der Waals surface area contributed by atoms with Gasteiger partial charge in [-0.3, -0.25) is 9.13 Å². The number of sulfone groups is 2. The summed E-state index contributed by atoms with van der Waals surface area (Å²) in [5, 5.41) is 15.7. The first-order valence-electron chi connectivity index (χ1n) is 23.3. The highest BCUT2D eigenvalue weighted by molar-refractivity contribution is 7.91. The zero-order valence-electron chi connectivity index (χ0n) is 43.4. The average molecular weight is 1110 g/mol. The average Bonchev–Trinajstić information content (AvgIpc) is 3.99. The van der Waals surface area contributed by atoms with Crippen LogP contribution in [0.5, 0.6) is 23.0 Å². The van der Waals surface area contributed by atoms with Gasteiger partial charge in [-0.1, -0.05) is 49.2 Å². The van der Waals surface area contributed by atoms with Crippen LogP contribution in [-0.4, -0.2) is 132 Å². The lowest BCUT2D eigenvalue weighted by Crippen LogP contribution is -2.30. The number of hydrogen-bond acceptors (Lipinski definition) is 20. The number of halogens is 2. The van der Waals surface area contributed by atoms with Crippen LogP contribution in [0.25, 0.3) is 11.4 Å². The Labute approximate surface area is 442 Å². The van der Waals surface area contributed by atoms with E-state index in [2.05, 4.69) is 40.3 Å². The molecule has 0 saturated heterocycles. The zero-order valence-corrected chi connectivity index (χ0v) is 46.6. The smallest absolute Gasteiger partial charge is 0.163 e. The Kier molecular flexibility index (Phi) is 21.8. The molecule has 404 valence electrons. The first kappa shape index (κ1) is 59.3. The van der Waals surface area contributed by atoms with Crippen LogP contribution in [0.4, 0.5) is 0 Å². The summed E-state index contributed by atoms with van der Waals surface area (Å²) in [5.41, 5.74) is 0.949. The van der Waals surface area contributed by atoms with Crippen LogP contribution in [0.2, 0.25) is 10.0 Å². The SMILES string of the molecule is CC[C@@H](C)OCc1nnc(CS(=O)(=O)[C@@H](C)[C@H](OC)c2ncc(Cl)cn2)n1-c1c(OC)cccc1OC.CC[C@H](C)OCc1nnc(CS(=O)(=O)[C@@H](C)[C@H](OC)c2ncc(Cl)cn2)n1-c1c(OC)cccc1OC. The second-order valence-electron chi connectivity index (χ2n) is 16.7. The molecule has 0 N–H and O–H groups in total. The van der Waals surface area contributed by atoms with Crippen LogP contribution < -0.4 is 18.9 Å². The number of benzene rings is 2. The fourth-order valence-corrected chi connectivity index (χ4v) is 10.4. The third kappa shape index (κ3) is 14.4. The van der Waals surface area contributed by atoms with E-state index in [0.717, 1.165) is 12.8 Å². The molecule has 0 amide bonds. The number of hydrogen-bond donors (Lipinski definition) is 0. The predicted molar refractivity (Wildman–Crippen MR) is 276 cm³/mol. The van der Waals surface area contributed by atoms with Gasteiger partial charge in [-0.05, 0) is 64.8 Å². The van der Waals surface area contributed by atoms with Crippen molar-refractivity contribution in [1.29, 1.82) is 0 Å². The van der Waals surface area contributed by atoms with Gasteiger partial charge in [0.05, 0.1) is 61.2 Å². The Hall–Kier alpha value is -5.60. The number of para-hydroxylation sites is 2. The lowest BCUT2D eigenvalue weighted by atomic mass is 10.2. The Morgan fingerprint density at radius 2 is 0.797 bits per heavy atom. The Bertz CT molecular complexity index is 2730. The minimum absolute atomic E-state index is 0.0289. The van der Waals surface area contributed by atoms with Crippen molar-refractivity contribution < 1.29 is 54.7 Å². The summed E-state index contributed by atoms with van der Waals surface area (Å²) in [6, 6.07) is 10.5. The molecule has 74 heavy (non-hydrogen) atoms. The molecule has 6 rings (SSSR count). The van der Waals surface area contributed by atoms with E-state index in [9.17, 15) is 16.8 Å². The van der Waals surface area contributed by atoms with E-state index in [1.165, 1.54) is 67.4 Å². The third-order valence-corrected chi connectivity index (χ3v) is 16.4. The predicted octanol–water partition coefficient (Wildman–Crippen LogP) is 7.47. The molecule has 4 aromatic heterocycles. The summed E-state index contributed by atoms with van der Waals surface area (Å²) in [6.45, 7) is 11.2. The van der Waals surface area contributed by atoms with Gasteiger partial charge in [0, 0.05) is 39.0 Å². The molecule has 0 bridgehead atoms. The third-order valence-electron chi connectivity index (χ3n) is 11.9. The van der Waals surface area contributed by atoms with E-state index >= 15 is 0 Å². The molecule has 2 aromatic carbocycles. The molecule has 0 unspecified atom stereocenters. The van der Waals surface area contributed by atoms with Crippen molar-refractivity contribution in [2.24, 2.45) is 0 Å². The summed E-state index contributed by atoms with van der Waals surface area (Å²) in [7, 11) is 1.17. The van der Waals surface area contributed by atoms with E-state index in [1.54, 1.807) is 59.4 Å². The Morgan fingerprint density at radius 1 is 0.500 bits per heavy atom. The van der Waals surface area contributed by atoms with E-state index in [0.29, 0.717) is 56.1 Å². The van der Waals surface area contributed by atoms with Gasteiger partial charge in [0.15, 0.2) is 54.6 Å². The van der Waals surface area contributed by atoms with Crippen LogP contribution in [0.15, 0.2) is 61.2 Å². The maximum atomic E-state index is 13.6. The van der Waals surface area contributed by atoms with Gasteiger partial charge in [-0.25, -0.2) is 36.8 Å². The highest BCUT2D eigenvalue weighted by Gasteiger charge is 2.37. The fraction of sp³-hybridized carbons (Fsp3) is 0.500. The van der Waals surface area contributed by atoms with Gasteiger partial charge in [-0.15, -0.1) is 20.4 Å². The molecule has 0 aliphatic carbocycles. The largest absolute Gasteiger partial charge is 0.494 e. The summed E-state index contributed by atoms with van der Waals surface area (Å²) in [4.78, 5) is 16.6. The van der Waals surface area contributed by atoms with Crippen molar-refractivity contribution in [3.63, 3.8) is 0 Å². The van der Waals surface area contributed by atoms with Crippen molar-refractivity contribution in [2.45, 2.75) is 114 Å². The number of methoxy groups -OCH3 is 6. The molecule has 0 radical (unpaired) electrons. The first-order valence-corrected chi connectivity index (χ1v) is 27.5. The van der Waals surface area contributed by atoms with Crippen molar-refractivity contribution in [2.75, 3.05) is 42.7 Å². The number of aromatic nitrogens is 10. The van der Waals surface area contributed by atoms with E-state index in [-0.39, 0.29) is 48.7 Å². The fourth-order valence-electron chi connectivity index (χ4n) is 7.32. The maximum Gasteiger partial charge on any atom is 0.163 e. The van der Waals surface area contributed by atoms with Gasteiger partial charge in [0.1, 0.15) is 71.3 Å². The van der Waals surface area contributed by atoms with Crippen LogP contribution in [0, 0.1) is 0 Å². The number of nitrogens with zero attached hydrogens (tertiary/aromatic N) is 10. The van der Waals surface area contributed by atoms with Gasteiger partial charge >= 0.3 is 0 Å². The van der Waals surface area contributed by atoms with Gasteiger partial charge < -0.3 is 37.9 Å². The Balaban J connectivity index is 0.000000274. The second-order valence-corrected chi connectivity index (χ2v) is 22.3. The normalized spacial score (nSPS) is 14.2. The minimum Gasteiger partial charge on any atom is -0.494 e. The molecule has 4 heterocycles. The topological polar surface area (TPSA) is 255 Å². The molecular weight excluding hydrogens is 1040 g/mol. The van der Waals surface area contributed by atoms with Crippen LogP contribution in [-0.2, 0) is 63.3 Å². The first-order chi connectivity index (χ1) is 35.3. The lowest BCUT2D eigenvalue weighted by Gasteiger charge is -2.22. The van der Waals surface area contributed by atoms with E-state index < -0.39 is 53.9 Å². The summed E-state index contributed by atoms with van der Waals surface area (Å²) >= 11 is 11.8. The van der Waals surface area contributed by atoms with E-state index in [4.69, 9.17) is 61.1 Å². The highest BCUT2D eigenvalue weighted by Crippen LogP contribution is 2.37. The molecule has 0 aliphatic rings. The molecule has 6 atom stereocenters. The molecule has 0 aliphatic heterocycles. The summed E-state index contributed by atoms with van der Waals surface area (Å²) in [5.74, 6) is 2.51. The van der Waals surface area contributed by atoms with Gasteiger partial charge in [0.25, 0.3) is 0 Å². The quantitative estimate of drug-likeness (QED) is 0.0510. The highest BCUT2D eigenvalue weighted by atomic mass is 35.5. The molecule has 26 heteroatoms. The van der Waals surface area contributed by atoms with Crippen molar-refractivity contribution in [3.8, 4) is 34.4 Å². The van der Waals surface area contributed by atoms with Gasteiger partial charge in [-0.2, -0.15) is 0 Å². The van der Waals surface area contributed by atoms with Crippen LogP contribution in [0.3, 0.4) is 0 Å². The summed E-state index contributed by atoms with van der Waals surface area (Å²) < 4.78 is 103. The van der Waals surface area contributed by atoms with Crippen molar-refractivity contribution in [1.82, 2.24) is 49.5 Å². The van der Waals surface area contributed by atoms with Crippen molar-refractivity contribution in [3.05, 3.63) is 106 Å². The molecule has 6 aromatic rings. The van der Waals surface area contributed by atoms with Crippen molar-refractivity contribution >= 4 is 42.9 Å². The monoisotopic (exact) mass is 1110 g/mol. The molecular formula is C48H64Cl2N10O12S2. The molecule has 0 fully saturated rings. The minimum atomic E-state index is -3.86. The number of rotatable bonds is 26. The van der Waals surface area contributed by atoms with Crippen LogP contribution in [0.1, 0.15) is 102 Å². The molecule has 22 nitrogen and oxygen atoms in total. The lowest BCUT2D eigenvalue weighted by molar-refractivity contribution is 0.0457. The summed E-state index contributed by atoms with van der Waals surface area (Å²) in [6.07, 6.45) is 5.27. The number of ether oxygens (including phenoxy) is 8. The van der Waals surface area contributed by atoms with Crippen LogP contribution >= 0.6 is 23.2 Å². The van der Waals surface area contributed by atoms with Gasteiger partial charge in [0.2, 0.25) is 0 Å². The molecule has 0 spiro atoms. The second kappa shape index (κ2) is 27.3. The Morgan fingerprint density at radius 3 is 1.07 bits per heavy atom.